The van der Waals surface area contributed by atoms with Gasteiger partial charge in [0.2, 0.25) is 11.8 Å². The predicted octanol–water partition coefficient (Wildman–Crippen LogP) is 1.11. The number of nitrogens with zero attached hydrogens (tertiary/aromatic N) is 5. The lowest BCUT2D eigenvalue weighted by Crippen LogP contribution is -2.60. The number of aromatic nitrogens is 2. The highest BCUT2D eigenvalue weighted by Crippen LogP contribution is 2.23. The van der Waals surface area contributed by atoms with E-state index in [-0.39, 0.29) is 24.3 Å². The van der Waals surface area contributed by atoms with Crippen LogP contribution in [-0.4, -0.2) is 81.0 Å². The lowest BCUT2D eigenvalue weighted by atomic mass is 10.1. The standard InChI is InChI=1S/C21H27N5O3/c1-14(2)12-25-13-18(27)26-11-10-24(9-8-17(26)20(25)28)21(29)19-15-6-4-5-7-16(15)23(3)22-19/h4-7,14,17H,8-13H2,1-3H3. The monoisotopic (exact) mass is 397 g/mol. The Morgan fingerprint density at radius 3 is 2.69 bits per heavy atom. The molecule has 29 heavy (non-hydrogen) atoms. The number of hydrogen-bond acceptors (Lipinski definition) is 4. The molecule has 3 heterocycles. The third kappa shape index (κ3) is 3.47. The third-order valence-corrected chi connectivity index (χ3v) is 5.74. The minimum atomic E-state index is -0.478. The van der Waals surface area contributed by atoms with Crippen LogP contribution in [0.15, 0.2) is 24.3 Å². The highest BCUT2D eigenvalue weighted by atomic mass is 16.2. The van der Waals surface area contributed by atoms with E-state index >= 15 is 0 Å². The Hall–Kier alpha value is -2.90. The number of benzene rings is 1. The number of amides is 3. The first-order chi connectivity index (χ1) is 13.9. The molecule has 4 rings (SSSR count). The van der Waals surface area contributed by atoms with E-state index in [9.17, 15) is 14.4 Å². The molecule has 0 radical (unpaired) electrons. The molecule has 2 aromatic rings. The Kier molecular flexibility index (Phi) is 5.02. The number of para-hydroxylation sites is 1. The fourth-order valence-corrected chi connectivity index (χ4v) is 4.35. The first kappa shape index (κ1) is 19.4. The molecular weight excluding hydrogens is 370 g/mol. The van der Waals surface area contributed by atoms with E-state index in [0.29, 0.717) is 44.2 Å². The van der Waals surface area contributed by atoms with Crippen LogP contribution in [0.4, 0.5) is 0 Å². The molecule has 1 aromatic carbocycles. The van der Waals surface area contributed by atoms with Gasteiger partial charge in [-0.25, -0.2) is 0 Å². The SMILES string of the molecule is CC(C)CN1CC(=O)N2CCN(C(=O)c3nn(C)c4ccccc34)CCC2C1=O. The topological polar surface area (TPSA) is 78.8 Å². The van der Waals surface area contributed by atoms with E-state index in [2.05, 4.69) is 5.10 Å². The van der Waals surface area contributed by atoms with Gasteiger partial charge < -0.3 is 14.7 Å². The molecule has 154 valence electrons. The molecule has 1 aromatic heterocycles. The van der Waals surface area contributed by atoms with Crippen LogP contribution in [0.5, 0.6) is 0 Å². The van der Waals surface area contributed by atoms with Crippen molar-refractivity contribution in [3.8, 4) is 0 Å². The van der Waals surface area contributed by atoms with E-state index in [1.807, 2.05) is 45.2 Å². The van der Waals surface area contributed by atoms with Gasteiger partial charge in [0, 0.05) is 38.6 Å². The van der Waals surface area contributed by atoms with Crippen molar-refractivity contribution in [2.24, 2.45) is 13.0 Å². The Morgan fingerprint density at radius 1 is 1.17 bits per heavy atom. The maximum absolute atomic E-state index is 13.2. The molecule has 2 saturated heterocycles. The van der Waals surface area contributed by atoms with E-state index in [1.165, 1.54) is 0 Å². The van der Waals surface area contributed by atoms with E-state index in [4.69, 9.17) is 0 Å². The summed E-state index contributed by atoms with van der Waals surface area (Å²) in [4.78, 5) is 43.8. The number of piperazine rings is 1. The molecule has 2 aliphatic rings. The van der Waals surface area contributed by atoms with Gasteiger partial charge in [0.1, 0.15) is 6.04 Å². The molecule has 0 saturated carbocycles. The summed E-state index contributed by atoms with van der Waals surface area (Å²) in [6.45, 7) is 6.00. The molecule has 2 aliphatic heterocycles. The van der Waals surface area contributed by atoms with Crippen molar-refractivity contribution in [1.29, 1.82) is 0 Å². The summed E-state index contributed by atoms with van der Waals surface area (Å²) in [6.07, 6.45) is 0.454. The minimum Gasteiger partial charge on any atom is -0.335 e. The van der Waals surface area contributed by atoms with Gasteiger partial charge in [-0.1, -0.05) is 32.0 Å². The van der Waals surface area contributed by atoms with Gasteiger partial charge in [0.05, 0.1) is 12.1 Å². The lowest BCUT2D eigenvalue weighted by Gasteiger charge is -2.39. The first-order valence-corrected chi connectivity index (χ1v) is 10.2. The van der Waals surface area contributed by atoms with E-state index < -0.39 is 6.04 Å². The van der Waals surface area contributed by atoms with Gasteiger partial charge in [0.25, 0.3) is 5.91 Å². The van der Waals surface area contributed by atoms with Crippen molar-refractivity contribution in [3.05, 3.63) is 30.0 Å². The minimum absolute atomic E-state index is 0.00381. The van der Waals surface area contributed by atoms with Gasteiger partial charge in [-0.3, -0.25) is 19.1 Å². The molecule has 0 spiro atoms. The quantitative estimate of drug-likeness (QED) is 0.777. The Bertz CT molecular complexity index is 966. The van der Waals surface area contributed by atoms with Crippen LogP contribution in [0.25, 0.3) is 10.9 Å². The third-order valence-electron chi connectivity index (χ3n) is 5.74. The summed E-state index contributed by atoms with van der Waals surface area (Å²) in [5, 5.41) is 5.25. The summed E-state index contributed by atoms with van der Waals surface area (Å²) in [5.74, 6) is 0.115. The van der Waals surface area contributed by atoms with Crippen molar-refractivity contribution in [1.82, 2.24) is 24.5 Å². The van der Waals surface area contributed by atoms with Crippen LogP contribution in [0.2, 0.25) is 0 Å². The fraction of sp³-hybridized carbons (Fsp3) is 0.524. The Balaban J connectivity index is 1.55. The van der Waals surface area contributed by atoms with Crippen molar-refractivity contribution in [3.63, 3.8) is 0 Å². The van der Waals surface area contributed by atoms with Crippen molar-refractivity contribution in [2.75, 3.05) is 32.7 Å². The van der Waals surface area contributed by atoms with Crippen LogP contribution >= 0.6 is 0 Å². The molecule has 1 unspecified atom stereocenters. The second-order valence-corrected chi connectivity index (χ2v) is 8.29. The summed E-state index contributed by atoms with van der Waals surface area (Å²) in [7, 11) is 1.82. The summed E-state index contributed by atoms with van der Waals surface area (Å²) in [5.41, 5.74) is 1.32. The van der Waals surface area contributed by atoms with Crippen molar-refractivity contribution >= 4 is 28.6 Å². The highest BCUT2D eigenvalue weighted by molar-refractivity contribution is 6.05. The number of carbonyl (C=O) groups is 3. The van der Waals surface area contributed by atoms with Crippen LogP contribution in [0, 0.1) is 5.92 Å². The van der Waals surface area contributed by atoms with Crippen molar-refractivity contribution < 1.29 is 14.4 Å². The molecular formula is C21H27N5O3. The summed E-state index contributed by atoms with van der Waals surface area (Å²) >= 11 is 0. The van der Waals surface area contributed by atoms with Gasteiger partial charge in [-0.15, -0.1) is 0 Å². The maximum Gasteiger partial charge on any atom is 0.275 e. The molecule has 8 heteroatoms. The number of hydrogen-bond donors (Lipinski definition) is 0. The number of aryl methyl sites for hydroxylation is 1. The number of carbonyl (C=O) groups excluding carboxylic acids is 3. The summed E-state index contributed by atoms with van der Waals surface area (Å²) < 4.78 is 1.71. The normalized spacial score (nSPS) is 20.4. The van der Waals surface area contributed by atoms with Crippen LogP contribution in [-0.2, 0) is 16.6 Å². The van der Waals surface area contributed by atoms with Gasteiger partial charge in [-0.2, -0.15) is 5.10 Å². The van der Waals surface area contributed by atoms with Gasteiger partial charge in [0.15, 0.2) is 5.69 Å². The number of fused-ring (bicyclic) bond motifs is 2. The maximum atomic E-state index is 13.2. The average Bonchev–Trinajstić information content (AvgIpc) is 2.87. The second-order valence-electron chi connectivity index (χ2n) is 8.29. The zero-order chi connectivity index (χ0) is 20.7. The molecule has 0 bridgehead atoms. The highest BCUT2D eigenvalue weighted by Gasteiger charge is 2.41. The molecule has 3 amide bonds. The molecule has 0 aliphatic carbocycles. The number of rotatable bonds is 3. The average molecular weight is 397 g/mol. The van der Waals surface area contributed by atoms with Gasteiger partial charge in [-0.05, 0) is 18.4 Å². The Morgan fingerprint density at radius 2 is 1.93 bits per heavy atom. The van der Waals surface area contributed by atoms with E-state index in [1.54, 1.807) is 19.4 Å². The molecule has 0 N–H and O–H groups in total. The zero-order valence-corrected chi connectivity index (χ0v) is 17.2. The fourth-order valence-electron chi connectivity index (χ4n) is 4.35. The molecule has 1 atom stereocenters. The zero-order valence-electron chi connectivity index (χ0n) is 17.2. The largest absolute Gasteiger partial charge is 0.335 e. The van der Waals surface area contributed by atoms with Crippen LogP contribution in [0.1, 0.15) is 30.8 Å². The van der Waals surface area contributed by atoms with Crippen LogP contribution < -0.4 is 0 Å². The van der Waals surface area contributed by atoms with Gasteiger partial charge >= 0.3 is 0 Å². The summed E-state index contributed by atoms with van der Waals surface area (Å²) in [6, 6.07) is 7.16. The predicted molar refractivity (Wildman–Crippen MR) is 108 cm³/mol. The smallest absolute Gasteiger partial charge is 0.275 e. The lowest BCUT2D eigenvalue weighted by molar-refractivity contribution is -0.156. The Labute approximate surface area is 170 Å². The van der Waals surface area contributed by atoms with Crippen LogP contribution in [0.3, 0.4) is 0 Å². The molecule has 8 nitrogen and oxygen atoms in total. The second kappa shape index (κ2) is 7.50. The first-order valence-electron chi connectivity index (χ1n) is 10.2. The van der Waals surface area contributed by atoms with Crippen molar-refractivity contribution in [2.45, 2.75) is 26.3 Å². The molecule has 2 fully saturated rings. The van der Waals surface area contributed by atoms with E-state index in [0.717, 1.165) is 10.9 Å².